The maximum Gasteiger partial charge on any atom is 0.417 e. The second-order valence-electron chi connectivity index (χ2n) is 5.67. The van der Waals surface area contributed by atoms with Crippen molar-refractivity contribution >= 4 is 40.0 Å². The number of para-hydroxylation sites is 1. The van der Waals surface area contributed by atoms with Crippen LogP contribution >= 0.6 is 11.6 Å². The van der Waals surface area contributed by atoms with Gasteiger partial charge in [0, 0.05) is 5.56 Å². The number of halogens is 4. The summed E-state index contributed by atoms with van der Waals surface area (Å²) in [6.07, 6.45) is -4.68. The lowest BCUT2D eigenvalue weighted by Gasteiger charge is -2.14. The SMILES string of the molecule is CCOC(=O)/C(=C(\N)c1ccc(Cl)c(C(F)(F)F)c1)n1nnc2ccccc21. The molecule has 2 aromatic carbocycles. The lowest BCUT2D eigenvalue weighted by molar-refractivity contribution is -0.137. The highest BCUT2D eigenvalue weighted by atomic mass is 35.5. The first-order valence-corrected chi connectivity index (χ1v) is 8.46. The zero-order chi connectivity index (χ0) is 20.5. The number of esters is 1. The van der Waals surface area contributed by atoms with Crippen LogP contribution in [0.5, 0.6) is 0 Å². The number of aromatic nitrogens is 3. The van der Waals surface area contributed by atoms with E-state index in [-0.39, 0.29) is 23.6 Å². The van der Waals surface area contributed by atoms with E-state index in [0.717, 1.165) is 16.8 Å². The molecule has 2 N–H and O–H groups in total. The molecule has 0 spiro atoms. The monoisotopic (exact) mass is 410 g/mol. The Morgan fingerprint density at radius 2 is 1.96 bits per heavy atom. The second-order valence-corrected chi connectivity index (χ2v) is 6.07. The van der Waals surface area contributed by atoms with E-state index in [9.17, 15) is 18.0 Å². The number of rotatable bonds is 4. The predicted molar refractivity (Wildman–Crippen MR) is 97.9 cm³/mol. The molecular weight excluding hydrogens is 397 g/mol. The number of nitrogens with zero attached hydrogens (tertiary/aromatic N) is 3. The first kappa shape index (κ1) is 19.7. The molecule has 0 saturated heterocycles. The molecule has 146 valence electrons. The zero-order valence-corrected chi connectivity index (χ0v) is 15.3. The van der Waals surface area contributed by atoms with Gasteiger partial charge in [-0.3, -0.25) is 0 Å². The van der Waals surface area contributed by atoms with Crippen LogP contribution in [-0.2, 0) is 15.7 Å². The smallest absolute Gasteiger partial charge is 0.417 e. The van der Waals surface area contributed by atoms with Crippen LogP contribution in [0.4, 0.5) is 13.2 Å². The van der Waals surface area contributed by atoms with Crippen molar-refractivity contribution in [2.45, 2.75) is 13.1 Å². The lowest BCUT2D eigenvalue weighted by atomic mass is 10.1. The molecule has 3 aromatic rings. The summed E-state index contributed by atoms with van der Waals surface area (Å²) in [6.45, 7) is 1.63. The van der Waals surface area contributed by atoms with E-state index in [0.29, 0.717) is 11.0 Å². The number of ether oxygens (including phenoxy) is 1. The fourth-order valence-corrected chi connectivity index (χ4v) is 2.82. The van der Waals surface area contributed by atoms with Crippen molar-refractivity contribution in [1.29, 1.82) is 0 Å². The van der Waals surface area contributed by atoms with E-state index in [4.69, 9.17) is 22.1 Å². The quantitative estimate of drug-likeness (QED) is 0.520. The zero-order valence-electron chi connectivity index (χ0n) is 14.5. The second kappa shape index (κ2) is 7.51. The summed E-state index contributed by atoms with van der Waals surface area (Å²) in [4.78, 5) is 12.6. The molecule has 0 radical (unpaired) electrons. The maximum absolute atomic E-state index is 13.2. The van der Waals surface area contributed by atoms with Gasteiger partial charge in [0.2, 0.25) is 0 Å². The third-order valence-electron chi connectivity index (χ3n) is 3.87. The molecule has 3 rings (SSSR count). The van der Waals surface area contributed by atoms with Gasteiger partial charge in [-0.05, 0) is 31.2 Å². The number of carbonyl (C=O) groups is 1. The van der Waals surface area contributed by atoms with E-state index in [1.54, 1.807) is 31.2 Å². The summed E-state index contributed by atoms with van der Waals surface area (Å²) in [6, 6.07) is 9.86. The Morgan fingerprint density at radius 3 is 2.64 bits per heavy atom. The van der Waals surface area contributed by atoms with Gasteiger partial charge in [-0.25, -0.2) is 9.48 Å². The summed E-state index contributed by atoms with van der Waals surface area (Å²) in [7, 11) is 0. The summed E-state index contributed by atoms with van der Waals surface area (Å²) < 4.78 is 45.8. The van der Waals surface area contributed by atoms with Crippen molar-refractivity contribution < 1.29 is 22.7 Å². The number of nitrogens with two attached hydrogens (primary N) is 1. The highest BCUT2D eigenvalue weighted by molar-refractivity contribution is 6.31. The Morgan fingerprint density at radius 1 is 1.25 bits per heavy atom. The molecule has 0 aliphatic heterocycles. The third kappa shape index (κ3) is 3.65. The summed E-state index contributed by atoms with van der Waals surface area (Å²) in [5.74, 6) is -0.848. The molecule has 10 heteroatoms. The van der Waals surface area contributed by atoms with Crippen LogP contribution in [0.2, 0.25) is 5.02 Å². The van der Waals surface area contributed by atoms with Crippen LogP contribution in [0, 0.1) is 0 Å². The minimum atomic E-state index is -4.68. The number of benzene rings is 2. The van der Waals surface area contributed by atoms with Crippen molar-refractivity contribution in [3.63, 3.8) is 0 Å². The van der Waals surface area contributed by atoms with Gasteiger partial charge in [0.1, 0.15) is 5.52 Å². The van der Waals surface area contributed by atoms with Crippen molar-refractivity contribution in [2.24, 2.45) is 5.73 Å². The Bertz CT molecular complexity index is 1080. The van der Waals surface area contributed by atoms with Gasteiger partial charge in [-0.1, -0.05) is 35.0 Å². The fourth-order valence-electron chi connectivity index (χ4n) is 2.59. The van der Waals surface area contributed by atoms with Gasteiger partial charge in [0.15, 0.2) is 5.70 Å². The molecule has 0 amide bonds. The van der Waals surface area contributed by atoms with Crippen LogP contribution in [0.3, 0.4) is 0 Å². The number of hydrogen-bond donors (Lipinski definition) is 1. The van der Waals surface area contributed by atoms with Crippen molar-refractivity contribution in [2.75, 3.05) is 6.61 Å². The first-order chi connectivity index (χ1) is 13.2. The normalized spacial score (nSPS) is 12.8. The maximum atomic E-state index is 13.2. The van der Waals surface area contributed by atoms with E-state index >= 15 is 0 Å². The summed E-state index contributed by atoms with van der Waals surface area (Å²) in [5.41, 5.74) is 5.39. The average molecular weight is 411 g/mol. The Kier molecular flexibility index (Phi) is 5.28. The number of alkyl halides is 3. The molecular formula is C18H14ClF3N4O2. The van der Waals surface area contributed by atoms with Gasteiger partial charge in [-0.2, -0.15) is 13.2 Å². The predicted octanol–water partition coefficient (Wildman–Crippen LogP) is 3.95. The highest BCUT2D eigenvalue weighted by Crippen LogP contribution is 2.36. The van der Waals surface area contributed by atoms with E-state index in [2.05, 4.69) is 10.3 Å². The molecule has 0 bridgehead atoms. The van der Waals surface area contributed by atoms with Gasteiger partial charge in [0.05, 0.1) is 28.4 Å². The molecule has 6 nitrogen and oxygen atoms in total. The third-order valence-corrected chi connectivity index (χ3v) is 4.20. The molecule has 1 heterocycles. The molecule has 0 unspecified atom stereocenters. The van der Waals surface area contributed by atoms with Crippen LogP contribution in [0.15, 0.2) is 42.5 Å². The Hall–Kier alpha value is -3.07. The lowest BCUT2D eigenvalue weighted by Crippen LogP contribution is -2.19. The van der Waals surface area contributed by atoms with Crippen molar-refractivity contribution in [3.8, 4) is 0 Å². The summed E-state index contributed by atoms with van der Waals surface area (Å²) in [5, 5.41) is 7.38. The topological polar surface area (TPSA) is 83.0 Å². The molecule has 28 heavy (non-hydrogen) atoms. The van der Waals surface area contributed by atoms with Crippen molar-refractivity contribution in [3.05, 3.63) is 58.6 Å². The van der Waals surface area contributed by atoms with Gasteiger partial charge in [-0.15, -0.1) is 5.10 Å². The molecule has 1 aromatic heterocycles. The molecule has 0 aliphatic carbocycles. The van der Waals surface area contributed by atoms with Crippen molar-refractivity contribution in [1.82, 2.24) is 15.0 Å². The number of hydrogen-bond acceptors (Lipinski definition) is 5. The fraction of sp³-hybridized carbons (Fsp3) is 0.167. The van der Waals surface area contributed by atoms with Gasteiger partial charge < -0.3 is 10.5 Å². The summed E-state index contributed by atoms with van der Waals surface area (Å²) >= 11 is 5.66. The average Bonchev–Trinajstić information content (AvgIpc) is 3.05. The largest absolute Gasteiger partial charge is 0.461 e. The Labute approximate surface area is 162 Å². The number of carbonyl (C=O) groups excluding carboxylic acids is 1. The van der Waals surface area contributed by atoms with Gasteiger partial charge >= 0.3 is 12.1 Å². The van der Waals surface area contributed by atoms with Crippen LogP contribution in [0.1, 0.15) is 18.1 Å². The number of fused-ring (bicyclic) bond motifs is 1. The molecule has 0 fully saturated rings. The van der Waals surface area contributed by atoms with Gasteiger partial charge in [0.25, 0.3) is 0 Å². The van der Waals surface area contributed by atoms with E-state index in [1.807, 2.05) is 0 Å². The van der Waals surface area contributed by atoms with Crippen LogP contribution in [-0.4, -0.2) is 27.6 Å². The molecule has 0 atom stereocenters. The standard InChI is InChI=1S/C18H14ClF3N4O2/c1-2-28-17(27)16(26-14-6-4-3-5-13(14)24-25-26)15(23)10-7-8-12(19)11(9-10)18(20,21)22/h3-9H,2,23H2,1H3/b16-15+. The minimum absolute atomic E-state index is 0.0384. The molecule has 0 saturated carbocycles. The first-order valence-electron chi connectivity index (χ1n) is 8.08. The molecule has 0 aliphatic rings. The van der Waals surface area contributed by atoms with Crippen LogP contribution in [0.25, 0.3) is 22.4 Å². The Balaban J connectivity index is 2.25. The highest BCUT2D eigenvalue weighted by Gasteiger charge is 2.34. The van der Waals surface area contributed by atoms with E-state index < -0.39 is 22.7 Å². The van der Waals surface area contributed by atoms with Crippen LogP contribution < -0.4 is 5.73 Å². The van der Waals surface area contributed by atoms with E-state index in [1.165, 1.54) is 6.07 Å². The minimum Gasteiger partial charge on any atom is -0.461 e.